The van der Waals surface area contributed by atoms with Crippen molar-refractivity contribution in [1.82, 2.24) is 14.9 Å². The molecule has 1 fully saturated rings. The lowest BCUT2D eigenvalue weighted by Crippen LogP contribution is -2.23. The number of halogens is 1. The number of anilines is 1. The average Bonchev–Trinajstić information content (AvgIpc) is 3.27. The number of nitrogens with two attached hydrogens (primary N) is 1. The van der Waals surface area contributed by atoms with E-state index in [4.69, 9.17) is 5.84 Å². The third-order valence-corrected chi connectivity index (χ3v) is 4.98. The van der Waals surface area contributed by atoms with E-state index in [-0.39, 0.29) is 11.2 Å². The van der Waals surface area contributed by atoms with Gasteiger partial charge in [-0.15, -0.1) is 10.2 Å². The predicted molar refractivity (Wildman–Crippen MR) is 90.2 cm³/mol. The van der Waals surface area contributed by atoms with Crippen LogP contribution in [0.4, 0.5) is 5.69 Å². The quantitative estimate of drug-likeness (QED) is 0.614. The van der Waals surface area contributed by atoms with Crippen LogP contribution in [0.5, 0.6) is 0 Å². The smallest absolute Gasteiger partial charge is 0.237 e. The number of hydrogen-bond acceptors (Lipinski definition) is 5. The minimum absolute atomic E-state index is 0.0942. The van der Waals surface area contributed by atoms with Crippen LogP contribution in [0.1, 0.15) is 31.5 Å². The predicted octanol–water partition coefficient (Wildman–Crippen LogP) is 2.75. The van der Waals surface area contributed by atoms with Crippen LogP contribution in [0.25, 0.3) is 0 Å². The molecule has 1 aromatic heterocycles. The van der Waals surface area contributed by atoms with Gasteiger partial charge in [0, 0.05) is 16.1 Å². The van der Waals surface area contributed by atoms with E-state index in [1.54, 1.807) is 0 Å². The Labute approximate surface area is 141 Å². The molecule has 1 amide bonds. The number of carbonyl (C=O) groups excluding carboxylic acids is 1. The molecule has 1 atom stereocenters. The number of amides is 1. The molecule has 3 N–H and O–H groups in total. The van der Waals surface area contributed by atoms with Crippen molar-refractivity contribution >= 4 is 39.3 Å². The van der Waals surface area contributed by atoms with E-state index in [1.165, 1.54) is 16.4 Å². The van der Waals surface area contributed by atoms with Crippen LogP contribution in [-0.4, -0.2) is 26.0 Å². The zero-order valence-corrected chi connectivity index (χ0v) is 14.4. The molecule has 1 aliphatic carbocycles. The van der Waals surface area contributed by atoms with Gasteiger partial charge in [-0.1, -0.05) is 27.7 Å². The average molecular weight is 382 g/mol. The summed E-state index contributed by atoms with van der Waals surface area (Å²) in [4.78, 5) is 12.2. The minimum atomic E-state index is -0.317. The van der Waals surface area contributed by atoms with E-state index in [2.05, 4.69) is 31.4 Å². The lowest BCUT2D eigenvalue weighted by molar-refractivity contribution is -0.115. The van der Waals surface area contributed by atoms with Gasteiger partial charge in [-0.25, -0.2) is 4.68 Å². The molecule has 3 rings (SSSR count). The Hall–Kier alpha value is -1.54. The number of benzene rings is 1. The Bertz CT molecular complexity index is 683. The number of nitrogen functional groups attached to an aromatic ring is 1. The first-order valence-corrected chi connectivity index (χ1v) is 8.65. The molecule has 1 saturated carbocycles. The first kappa shape index (κ1) is 15.4. The zero-order chi connectivity index (χ0) is 15.7. The molecule has 1 heterocycles. The maximum Gasteiger partial charge on any atom is 0.237 e. The van der Waals surface area contributed by atoms with E-state index in [0.717, 1.165) is 28.8 Å². The third kappa shape index (κ3) is 3.44. The summed E-state index contributed by atoms with van der Waals surface area (Å²) in [5, 5.41) is 11.3. The molecule has 1 aromatic carbocycles. The summed E-state index contributed by atoms with van der Waals surface area (Å²) >= 11 is 4.67. The summed E-state index contributed by atoms with van der Waals surface area (Å²) < 4.78 is 2.47. The fraction of sp³-hybridized carbons (Fsp3) is 0.357. The molecule has 0 bridgehead atoms. The summed E-state index contributed by atoms with van der Waals surface area (Å²) in [7, 11) is 0. The molecule has 0 spiro atoms. The van der Waals surface area contributed by atoms with Gasteiger partial charge in [0.1, 0.15) is 0 Å². The van der Waals surface area contributed by atoms with Crippen molar-refractivity contribution in [3.63, 3.8) is 0 Å². The monoisotopic (exact) mass is 381 g/mol. The molecular weight excluding hydrogens is 366 g/mol. The minimum Gasteiger partial charge on any atom is -0.336 e. The summed E-state index contributed by atoms with van der Waals surface area (Å²) in [5.74, 6) is 7.14. The second-order valence-corrected chi connectivity index (χ2v) is 7.46. The first-order chi connectivity index (χ1) is 10.5. The third-order valence-electron chi connectivity index (χ3n) is 3.40. The molecule has 22 heavy (non-hydrogen) atoms. The van der Waals surface area contributed by atoms with Crippen molar-refractivity contribution in [2.24, 2.45) is 0 Å². The van der Waals surface area contributed by atoms with Crippen LogP contribution in [0, 0.1) is 0 Å². The van der Waals surface area contributed by atoms with Crippen molar-refractivity contribution in [3.8, 4) is 0 Å². The number of carbonyl (C=O) groups is 1. The first-order valence-electron chi connectivity index (χ1n) is 6.98. The van der Waals surface area contributed by atoms with Crippen molar-refractivity contribution in [2.75, 3.05) is 11.2 Å². The van der Waals surface area contributed by atoms with Crippen LogP contribution < -0.4 is 11.2 Å². The van der Waals surface area contributed by atoms with Gasteiger partial charge in [-0.2, -0.15) is 0 Å². The Balaban J connectivity index is 1.62. The van der Waals surface area contributed by atoms with Crippen LogP contribution >= 0.6 is 27.7 Å². The lowest BCUT2D eigenvalue weighted by Gasteiger charge is -2.11. The Morgan fingerprint density at radius 1 is 1.41 bits per heavy atom. The van der Waals surface area contributed by atoms with Gasteiger partial charge in [0.25, 0.3) is 0 Å². The Kier molecular flexibility index (Phi) is 4.39. The van der Waals surface area contributed by atoms with Gasteiger partial charge < -0.3 is 11.2 Å². The number of aromatic nitrogens is 3. The molecule has 1 aliphatic rings. The number of thioether (sulfide) groups is 1. The van der Waals surface area contributed by atoms with Crippen molar-refractivity contribution in [2.45, 2.75) is 36.1 Å². The Morgan fingerprint density at radius 3 is 2.73 bits per heavy atom. The molecule has 0 radical (unpaired) electrons. The fourth-order valence-electron chi connectivity index (χ4n) is 1.98. The normalized spacial score (nSPS) is 15.5. The number of nitrogens with one attached hydrogen (secondary N) is 1. The van der Waals surface area contributed by atoms with Gasteiger partial charge in [0.05, 0.1) is 5.25 Å². The van der Waals surface area contributed by atoms with Crippen LogP contribution in [-0.2, 0) is 4.79 Å². The fourth-order valence-corrected chi connectivity index (χ4v) is 3.02. The molecule has 0 aliphatic heterocycles. The number of rotatable bonds is 5. The van der Waals surface area contributed by atoms with Gasteiger partial charge >= 0.3 is 0 Å². The molecule has 2 aromatic rings. The SMILES string of the molecule is CC(Sc1nnc(C2CC2)n1N)C(=O)Nc1ccc(Br)cc1. The molecule has 116 valence electrons. The van der Waals surface area contributed by atoms with E-state index in [9.17, 15) is 4.79 Å². The van der Waals surface area contributed by atoms with E-state index >= 15 is 0 Å². The van der Waals surface area contributed by atoms with E-state index < -0.39 is 0 Å². The molecule has 0 saturated heterocycles. The summed E-state index contributed by atoms with van der Waals surface area (Å²) in [6.07, 6.45) is 2.22. The molecule has 1 unspecified atom stereocenters. The second kappa shape index (κ2) is 6.29. The standard InChI is InChI=1S/C14H16BrN5OS/c1-8(13(21)17-11-6-4-10(15)5-7-11)22-14-19-18-12(20(14)16)9-2-3-9/h4-9H,2-3,16H2,1H3,(H,17,21). The van der Waals surface area contributed by atoms with Crippen LogP contribution in [0.2, 0.25) is 0 Å². The maximum atomic E-state index is 12.2. The van der Waals surface area contributed by atoms with Crippen molar-refractivity contribution in [3.05, 3.63) is 34.6 Å². The van der Waals surface area contributed by atoms with Gasteiger partial charge in [0.2, 0.25) is 11.1 Å². The Morgan fingerprint density at radius 2 is 2.09 bits per heavy atom. The number of nitrogens with zero attached hydrogens (tertiary/aromatic N) is 3. The van der Waals surface area contributed by atoms with Crippen molar-refractivity contribution in [1.29, 1.82) is 0 Å². The largest absolute Gasteiger partial charge is 0.336 e. The topological polar surface area (TPSA) is 85.8 Å². The van der Waals surface area contributed by atoms with Gasteiger partial charge in [-0.05, 0) is 44.0 Å². The van der Waals surface area contributed by atoms with E-state index in [1.807, 2.05) is 31.2 Å². The van der Waals surface area contributed by atoms with Crippen molar-refractivity contribution < 1.29 is 4.79 Å². The zero-order valence-electron chi connectivity index (χ0n) is 12.0. The molecular formula is C14H16BrN5OS. The second-order valence-electron chi connectivity index (χ2n) is 5.24. The van der Waals surface area contributed by atoms with Crippen LogP contribution in [0.3, 0.4) is 0 Å². The highest BCUT2D eigenvalue weighted by Gasteiger charge is 2.30. The van der Waals surface area contributed by atoms with Crippen LogP contribution in [0.15, 0.2) is 33.9 Å². The summed E-state index contributed by atoms with van der Waals surface area (Å²) in [6.45, 7) is 1.82. The highest BCUT2D eigenvalue weighted by atomic mass is 79.9. The highest BCUT2D eigenvalue weighted by Crippen LogP contribution is 2.39. The van der Waals surface area contributed by atoms with Gasteiger partial charge in [-0.3, -0.25) is 4.79 Å². The molecule has 6 nitrogen and oxygen atoms in total. The number of hydrogen-bond donors (Lipinski definition) is 2. The van der Waals surface area contributed by atoms with Gasteiger partial charge in [0.15, 0.2) is 5.82 Å². The summed E-state index contributed by atoms with van der Waals surface area (Å²) in [5.41, 5.74) is 0.758. The molecule has 8 heteroatoms. The van der Waals surface area contributed by atoms with E-state index in [0.29, 0.717) is 11.1 Å². The highest BCUT2D eigenvalue weighted by molar-refractivity contribution is 9.10. The lowest BCUT2D eigenvalue weighted by atomic mass is 10.3. The summed E-state index contributed by atoms with van der Waals surface area (Å²) in [6, 6.07) is 7.45. The maximum absolute atomic E-state index is 12.2.